The molecule has 2 heterocycles. The molecule has 0 spiro atoms. The summed E-state index contributed by atoms with van der Waals surface area (Å²) < 4.78 is 1.63. The van der Waals surface area contributed by atoms with E-state index >= 15 is 0 Å². The standard InChI is InChI=1S/C13H19N5OS/c1-7(2)6-10-11(20-9(4)15-10)12(19)16-13-14-8(3)18(5)17-13/h7H,6H2,1-5H3,(H,16,17,19). The van der Waals surface area contributed by atoms with E-state index in [0.29, 0.717) is 16.7 Å². The first-order valence-electron chi connectivity index (χ1n) is 6.52. The SMILES string of the molecule is Cc1nc(CC(C)C)c(C(=O)Nc2nc(C)n(C)n2)s1. The van der Waals surface area contributed by atoms with E-state index in [9.17, 15) is 4.79 Å². The van der Waals surface area contributed by atoms with Gasteiger partial charge < -0.3 is 0 Å². The molecule has 2 rings (SSSR count). The highest BCUT2D eigenvalue weighted by molar-refractivity contribution is 7.13. The Morgan fingerprint density at radius 1 is 1.35 bits per heavy atom. The van der Waals surface area contributed by atoms with Gasteiger partial charge in [-0.05, 0) is 26.2 Å². The van der Waals surface area contributed by atoms with Gasteiger partial charge in [-0.15, -0.1) is 16.4 Å². The smallest absolute Gasteiger partial charge is 0.270 e. The molecule has 0 fully saturated rings. The zero-order valence-electron chi connectivity index (χ0n) is 12.4. The van der Waals surface area contributed by atoms with Crippen LogP contribution in [-0.2, 0) is 13.5 Å². The third kappa shape index (κ3) is 3.22. The Morgan fingerprint density at radius 2 is 2.05 bits per heavy atom. The molecule has 2 aromatic heterocycles. The number of thiazole rings is 1. The molecular weight excluding hydrogens is 274 g/mol. The van der Waals surface area contributed by atoms with Crippen LogP contribution in [0.15, 0.2) is 0 Å². The van der Waals surface area contributed by atoms with E-state index < -0.39 is 0 Å². The number of hydrogen-bond acceptors (Lipinski definition) is 5. The van der Waals surface area contributed by atoms with E-state index in [1.165, 1.54) is 11.3 Å². The maximum absolute atomic E-state index is 12.3. The quantitative estimate of drug-likeness (QED) is 0.939. The molecule has 1 amide bonds. The molecule has 0 saturated heterocycles. The van der Waals surface area contributed by atoms with Gasteiger partial charge >= 0.3 is 0 Å². The van der Waals surface area contributed by atoms with Gasteiger partial charge in [-0.1, -0.05) is 13.8 Å². The second-order valence-electron chi connectivity index (χ2n) is 5.17. The Morgan fingerprint density at radius 3 is 2.60 bits per heavy atom. The molecule has 0 aliphatic rings. The molecule has 0 bridgehead atoms. The maximum Gasteiger partial charge on any atom is 0.270 e. The van der Waals surface area contributed by atoms with Crippen LogP contribution < -0.4 is 5.32 Å². The van der Waals surface area contributed by atoms with Crippen molar-refractivity contribution >= 4 is 23.2 Å². The minimum absolute atomic E-state index is 0.183. The monoisotopic (exact) mass is 293 g/mol. The van der Waals surface area contributed by atoms with Gasteiger partial charge in [0.2, 0.25) is 5.95 Å². The predicted molar refractivity (Wildman–Crippen MR) is 79.1 cm³/mol. The fourth-order valence-electron chi connectivity index (χ4n) is 1.85. The van der Waals surface area contributed by atoms with Crippen molar-refractivity contribution in [3.8, 4) is 0 Å². The number of rotatable bonds is 4. The Hall–Kier alpha value is -1.76. The number of carbonyl (C=O) groups excluding carboxylic acids is 1. The number of amides is 1. The van der Waals surface area contributed by atoms with E-state index in [2.05, 4.69) is 34.2 Å². The Bertz CT molecular complexity index is 609. The predicted octanol–water partition coefficient (Wildman–Crippen LogP) is 2.34. The van der Waals surface area contributed by atoms with Crippen molar-refractivity contribution in [3.63, 3.8) is 0 Å². The molecule has 0 radical (unpaired) electrons. The van der Waals surface area contributed by atoms with Gasteiger partial charge in [0, 0.05) is 7.05 Å². The fraction of sp³-hybridized carbons (Fsp3) is 0.538. The van der Waals surface area contributed by atoms with Crippen LogP contribution in [0, 0.1) is 19.8 Å². The lowest BCUT2D eigenvalue weighted by molar-refractivity contribution is 0.102. The first-order chi connectivity index (χ1) is 9.36. The number of nitrogens with one attached hydrogen (secondary N) is 1. The van der Waals surface area contributed by atoms with Gasteiger partial charge in [-0.2, -0.15) is 4.98 Å². The summed E-state index contributed by atoms with van der Waals surface area (Å²) in [7, 11) is 1.79. The van der Waals surface area contributed by atoms with Crippen molar-refractivity contribution in [3.05, 3.63) is 21.4 Å². The largest absolute Gasteiger partial charge is 0.288 e. The number of nitrogens with zero attached hydrogens (tertiary/aromatic N) is 4. The first kappa shape index (κ1) is 14.6. The third-order valence-corrected chi connectivity index (χ3v) is 3.83. The van der Waals surface area contributed by atoms with E-state index in [-0.39, 0.29) is 5.91 Å². The summed E-state index contributed by atoms with van der Waals surface area (Å²) in [6.07, 6.45) is 0.793. The van der Waals surface area contributed by atoms with E-state index in [1.54, 1.807) is 11.7 Å². The summed E-state index contributed by atoms with van der Waals surface area (Å²) in [5.41, 5.74) is 0.854. The van der Waals surface area contributed by atoms with Crippen LogP contribution in [0.1, 0.15) is 40.0 Å². The van der Waals surface area contributed by atoms with Crippen molar-refractivity contribution in [2.75, 3.05) is 5.32 Å². The average Bonchev–Trinajstić information content (AvgIpc) is 2.82. The molecule has 0 unspecified atom stereocenters. The van der Waals surface area contributed by atoms with Crippen molar-refractivity contribution in [1.29, 1.82) is 0 Å². The summed E-state index contributed by atoms with van der Waals surface area (Å²) in [6.45, 7) is 7.97. The zero-order chi connectivity index (χ0) is 14.9. The van der Waals surface area contributed by atoms with Crippen LogP contribution >= 0.6 is 11.3 Å². The van der Waals surface area contributed by atoms with Crippen molar-refractivity contribution < 1.29 is 4.79 Å². The van der Waals surface area contributed by atoms with Gasteiger partial charge in [0.15, 0.2) is 0 Å². The van der Waals surface area contributed by atoms with E-state index in [4.69, 9.17) is 0 Å². The lowest BCUT2D eigenvalue weighted by Gasteiger charge is -2.04. The van der Waals surface area contributed by atoms with Crippen LogP contribution in [0.5, 0.6) is 0 Å². The second kappa shape index (κ2) is 5.70. The molecule has 0 atom stereocenters. The van der Waals surface area contributed by atoms with Crippen molar-refractivity contribution in [2.24, 2.45) is 13.0 Å². The molecular formula is C13H19N5OS. The molecule has 108 valence electrons. The van der Waals surface area contributed by atoms with Crippen LogP contribution in [-0.4, -0.2) is 25.7 Å². The zero-order valence-corrected chi connectivity index (χ0v) is 13.2. The highest BCUT2D eigenvalue weighted by Crippen LogP contribution is 2.21. The van der Waals surface area contributed by atoms with Gasteiger partial charge in [0.1, 0.15) is 10.7 Å². The Balaban J connectivity index is 2.20. The average molecular weight is 293 g/mol. The van der Waals surface area contributed by atoms with Crippen LogP contribution in [0.4, 0.5) is 5.95 Å². The van der Waals surface area contributed by atoms with Gasteiger partial charge in [0.25, 0.3) is 5.91 Å². The van der Waals surface area contributed by atoms with Crippen LogP contribution in [0.3, 0.4) is 0 Å². The maximum atomic E-state index is 12.3. The highest BCUT2D eigenvalue weighted by Gasteiger charge is 2.19. The normalized spacial score (nSPS) is 11.1. The Kier molecular flexibility index (Phi) is 4.17. The lowest BCUT2D eigenvalue weighted by Crippen LogP contribution is -2.14. The lowest BCUT2D eigenvalue weighted by atomic mass is 10.1. The number of aryl methyl sites for hydroxylation is 3. The molecule has 1 N–H and O–H groups in total. The minimum atomic E-state index is -0.183. The van der Waals surface area contributed by atoms with Crippen molar-refractivity contribution in [2.45, 2.75) is 34.1 Å². The summed E-state index contributed by atoms with van der Waals surface area (Å²) in [5.74, 6) is 1.36. The van der Waals surface area contributed by atoms with Gasteiger partial charge in [-0.3, -0.25) is 14.8 Å². The molecule has 7 heteroatoms. The van der Waals surface area contributed by atoms with Crippen molar-refractivity contribution in [1.82, 2.24) is 19.7 Å². The van der Waals surface area contributed by atoms with Gasteiger partial charge in [-0.25, -0.2) is 4.98 Å². The summed E-state index contributed by atoms with van der Waals surface area (Å²) >= 11 is 1.41. The molecule has 0 aliphatic carbocycles. The van der Waals surface area contributed by atoms with Crippen LogP contribution in [0.2, 0.25) is 0 Å². The number of carbonyl (C=O) groups is 1. The van der Waals surface area contributed by atoms with E-state index in [1.807, 2.05) is 13.8 Å². The molecule has 0 saturated carbocycles. The second-order valence-corrected chi connectivity index (χ2v) is 6.37. The highest BCUT2D eigenvalue weighted by atomic mass is 32.1. The summed E-state index contributed by atoms with van der Waals surface area (Å²) in [6, 6.07) is 0. The molecule has 6 nitrogen and oxygen atoms in total. The molecule has 20 heavy (non-hydrogen) atoms. The first-order valence-corrected chi connectivity index (χ1v) is 7.33. The third-order valence-electron chi connectivity index (χ3n) is 2.82. The van der Waals surface area contributed by atoms with Gasteiger partial charge in [0.05, 0.1) is 10.7 Å². The molecule has 0 aliphatic heterocycles. The fourth-order valence-corrected chi connectivity index (χ4v) is 2.69. The summed E-state index contributed by atoms with van der Waals surface area (Å²) in [4.78, 5) is 21.6. The Labute approximate surface area is 122 Å². The van der Waals surface area contributed by atoms with Crippen LogP contribution in [0.25, 0.3) is 0 Å². The van der Waals surface area contributed by atoms with E-state index in [0.717, 1.165) is 22.9 Å². The number of anilines is 1. The molecule has 2 aromatic rings. The number of aromatic nitrogens is 4. The minimum Gasteiger partial charge on any atom is -0.288 e. The molecule has 0 aromatic carbocycles. The summed E-state index contributed by atoms with van der Waals surface area (Å²) in [5, 5.41) is 7.77. The topological polar surface area (TPSA) is 72.7 Å². The number of hydrogen-bond donors (Lipinski definition) is 1.